The quantitative estimate of drug-likeness (QED) is 0.832. The molecule has 1 saturated carbocycles. The fourth-order valence-electron chi connectivity index (χ4n) is 2.09. The number of hydrogen-bond donors (Lipinski definition) is 1. The number of rotatable bonds is 4. The molecule has 0 atom stereocenters. The molecule has 0 aromatic carbocycles. The van der Waals surface area contributed by atoms with Crippen molar-refractivity contribution in [1.29, 1.82) is 0 Å². The van der Waals surface area contributed by atoms with Crippen LogP contribution in [0.25, 0.3) is 0 Å². The van der Waals surface area contributed by atoms with Crippen LogP contribution in [0.3, 0.4) is 0 Å². The van der Waals surface area contributed by atoms with Crippen molar-refractivity contribution in [3.05, 3.63) is 0 Å². The Morgan fingerprint density at radius 3 is 2.06 bits per heavy atom. The highest BCUT2D eigenvalue weighted by molar-refractivity contribution is 7.99. The first-order valence-electron chi connectivity index (χ1n) is 6.10. The lowest BCUT2D eigenvalue weighted by Gasteiger charge is -2.32. The minimum atomic E-state index is -4.00. The van der Waals surface area contributed by atoms with Gasteiger partial charge in [0.2, 0.25) is 0 Å². The van der Waals surface area contributed by atoms with E-state index < -0.39 is 12.1 Å². The third-order valence-electron chi connectivity index (χ3n) is 3.56. The molecule has 1 N–H and O–H groups in total. The summed E-state index contributed by atoms with van der Waals surface area (Å²) in [7, 11) is 0. The number of alkyl halides is 3. The third kappa shape index (κ3) is 5.08. The molecule has 102 valence electrons. The topological polar surface area (TPSA) is 12.0 Å². The molecule has 0 saturated heterocycles. The van der Waals surface area contributed by atoms with Gasteiger partial charge in [-0.3, -0.25) is 0 Å². The van der Waals surface area contributed by atoms with Crippen LogP contribution in [0.15, 0.2) is 0 Å². The molecule has 1 rings (SSSR count). The second-order valence-electron chi connectivity index (χ2n) is 5.43. The zero-order valence-electron chi connectivity index (χ0n) is 10.7. The van der Waals surface area contributed by atoms with Crippen molar-refractivity contribution in [2.75, 3.05) is 12.8 Å². The van der Waals surface area contributed by atoms with Crippen LogP contribution in [0.4, 0.5) is 13.2 Å². The summed E-state index contributed by atoms with van der Waals surface area (Å²) in [5.74, 6) is -1.07. The van der Waals surface area contributed by atoms with Gasteiger partial charge in [-0.2, -0.15) is 24.9 Å². The van der Waals surface area contributed by atoms with Gasteiger partial charge in [-0.1, -0.05) is 0 Å². The summed E-state index contributed by atoms with van der Waals surface area (Å²) < 4.78 is 37.6. The predicted octanol–water partition coefficient (Wildman–Crippen LogP) is 3.84. The lowest BCUT2D eigenvalue weighted by molar-refractivity contribution is -0.182. The molecule has 1 nitrogen and oxygen atoms in total. The molecule has 0 spiro atoms. The number of nitrogens with one attached hydrogen (secondary N) is 1. The third-order valence-corrected chi connectivity index (χ3v) is 4.81. The molecule has 1 aliphatic carbocycles. The maximum atomic E-state index is 12.5. The highest BCUT2D eigenvalue weighted by atomic mass is 32.2. The van der Waals surface area contributed by atoms with Crippen LogP contribution < -0.4 is 5.32 Å². The zero-order chi connectivity index (χ0) is 13.1. The van der Waals surface area contributed by atoms with E-state index in [0.29, 0.717) is 12.8 Å². The standard InChI is InChI=1S/C12H22F3NS/c1-11(2,17-3)8-16-10-6-4-9(5-7-10)12(13,14)15/h9-10,16H,4-8H2,1-3H3. The predicted molar refractivity (Wildman–Crippen MR) is 67.4 cm³/mol. The van der Waals surface area contributed by atoms with Crippen LogP contribution in [-0.2, 0) is 0 Å². The Morgan fingerprint density at radius 1 is 1.12 bits per heavy atom. The van der Waals surface area contributed by atoms with Gasteiger partial charge in [0, 0.05) is 17.3 Å². The highest BCUT2D eigenvalue weighted by Crippen LogP contribution is 2.37. The van der Waals surface area contributed by atoms with Gasteiger partial charge in [0.15, 0.2) is 0 Å². The second-order valence-corrected chi connectivity index (χ2v) is 6.95. The Balaban J connectivity index is 2.29. The Labute approximate surface area is 106 Å². The summed E-state index contributed by atoms with van der Waals surface area (Å²) in [5, 5.41) is 3.40. The van der Waals surface area contributed by atoms with E-state index in [2.05, 4.69) is 25.4 Å². The van der Waals surface area contributed by atoms with Crippen molar-refractivity contribution >= 4 is 11.8 Å². The molecule has 1 fully saturated rings. The van der Waals surface area contributed by atoms with Gasteiger partial charge in [-0.15, -0.1) is 0 Å². The van der Waals surface area contributed by atoms with Crippen LogP contribution in [0.1, 0.15) is 39.5 Å². The highest BCUT2D eigenvalue weighted by Gasteiger charge is 2.41. The lowest BCUT2D eigenvalue weighted by Crippen LogP contribution is -2.42. The maximum Gasteiger partial charge on any atom is 0.391 e. The first-order valence-corrected chi connectivity index (χ1v) is 7.32. The fraction of sp³-hybridized carbons (Fsp3) is 1.00. The Hall–Kier alpha value is 0.100. The van der Waals surface area contributed by atoms with E-state index in [4.69, 9.17) is 0 Å². The van der Waals surface area contributed by atoms with Crippen LogP contribution in [0.5, 0.6) is 0 Å². The molecule has 5 heteroatoms. The van der Waals surface area contributed by atoms with Gasteiger partial charge in [0.25, 0.3) is 0 Å². The Bertz CT molecular complexity index is 232. The Kier molecular flexibility index (Phi) is 5.20. The molecule has 0 aromatic heterocycles. The van der Waals surface area contributed by atoms with E-state index >= 15 is 0 Å². The van der Waals surface area contributed by atoms with E-state index in [1.54, 1.807) is 11.8 Å². The fourth-order valence-corrected chi connectivity index (χ4v) is 2.31. The average molecular weight is 269 g/mol. The summed E-state index contributed by atoms with van der Waals surface area (Å²) >= 11 is 1.78. The van der Waals surface area contributed by atoms with E-state index in [1.165, 1.54) is 0 Å². The van der Waals surface area contributed by atoms with E-state index in [0.717, 1.165) is 6.54 Å². The average Bonchev–Trinajstić information content (AvgIpc) is 2.26. The van der Waals surface area contributed by atoms with Crippen LogP contribution in [0, 0.1) is 5.92 Å². The molecule has 0 bridgehead atoms. The molecule has 0 amide bonds. The SMILES string of the molecule is CSC(C)(C)CNC1CCC(C(F)(F)F)CC1. The molecule has 0 radical (unpaired) electrons. The van der Waals surface area contributed by atoms with Crippen molar-refractivity contribution in [1.82, 2.24) is 5.32 Å². The van der Waals surface area contributed by atoms with Gasteiger partial charge in [-0.25, -0.2) is 0 Å². The zero-order valence-corrected chi connectivity index (χ0v) is 11.5. The smallest absolute Gasteiger partial charge is 0.313 e. The summed E-state index contributed by atoms with van der Waals surface area (Å²) in [4.78, 5) is 0. The minimum Gasteiger partial charge on any atom is -0.313 e. The summed E-state index contributed by atoms with van der Waals surface area (Å²) in [6.45, 7) is 5.15. The van der Waals surface area contributed by atoms with Gasteiger partial charge in [0.05, 0.1) is 5.92 Å². The summed E-state index contributed by atoms with van der Waals surface area (Å²) in [5.41, 5.74) is 0. The molecule has 0 aliphatic heterocycles. The van der Waals surface area contributed by atoms with Crippen LogP contribution in [-0.4, -0.2) is 29.8 Å². The van der Waals surface area contributed by atoms with Crippen LogP contribution in [0.2, 0.25) is 0 Å². The number of thioether (sulfide) groups is 1. The lowest BCUT2D eigenvalue weighted by atomic mass is 9.85. The summed E-state index contributed by atoms with van der Waals surface area (Å²) in [6, 6.07) is 0.264. The monoisotopic (exact) mass is 269 g/mol. The molecular formula is C12H22F3NS. The van der Waals surface area contributed by atoms with E-state index in [-0.39, 0.29) is 23.6 Å². The van der Waals surface area contributed by atoms with Gasteiger partial charge < -0.3 is 5.32 Å². The van der Waals surface area contributed by atoms with Crippen molar-refractivity contribution in [3.63, 3.8) is 0 Å². The van der Waals surface area contributed by atoms with Gasteiger partial charge >= 0.3 is 6.18 Å². The first kappa shape index (κ1) is 15.2. The van der Waals surface area contributed by atoms with Crippen LogP contribution >= 0.6 is 11.8 Å². The first-order chi connectivity index (χ1) is 7.74. The van der Waals surface area contributed by atoms with Crippen molar-refractivity contribution < 1.29 is 13.2 Å². The van der Waals surface area contributed by atoms with Crippen molar-refractivity contribution in [2.45, 2.75) is 56.5 Å². The molecular weight excluding hydrogens is 247 g/mol. The molecule has 17 heavy (non-hydrogen) atoms. The van der Waals surface area contributed by atoms with Crippen molar-refractivity contribution in [2.24, 2.45) is 5.92 Å². The second kappa shape index (κ2) is 5.83. The van der Waals surface area contributed by atoms with Gasteiger partial charge in [0.1, 0.15) is 0 Å². The number of hydrogen-bond acceptors (Lipinski definition) is 2. The maximum absolute atomic E-state index is 12.5. The number of halogens is 3. The summed E-state index contributed by atoms with van der Waals surface area (Å²) in [6.07, 6.45) is -0.0866. The minimum absolute atomic E-state index is 0.154. The molecule has 0 heterocycles. The largest absolute Gasteiger partial charge is 0.391 e. The normalized spacial score (nSPS) is 27.2. The molecule has 0 aromatic rings. The molecule has 0 unspecified atom stereocenters. The van der Waals surface area contributed by atoms with E-state index in [1.807, 2.05) is 0 Å². The van der Waals surface area contributed by atoms with Gasteiger partial charge in [-0.05, 0) is 45.8 Å². The molecule has 1 aliphatic rings. The Morgan fingerprint density at radius 2 is 1.65 bits per heavy atom. The van der Waals surface area contributed by atoms with E-state index in [9.17, 15) is 13.2 Å². The van der Waals surface area contributed by atoms with Crippen molar-refractivity contribution in [3.8, 4) is 0 Å².